The van der Waals surface area contributed by atoms with Crippen LogP contribution in [0.4, 0.5) is 0 Å². The minimum atomic E-state index is 0.335. The Morgan fingerprint density at radius 1 is 1.11 bits per heavy atom. The van der Waals surface area contributed by atoms with Gasteiger partial charge in [-0.25, -0.2) is 0 Å². The number of piperidine rings is 1. The Morgan fingerprint density at radius 3 is 2.74 bits per heavy atom. The first-order valence-corrected chi connectivity index (χ1v) is 8.27. The zero-order valence-electron chi connectivity index (χ0n) is 13.0. The summed E-state index contributed by atoms with van der Waals surface area (Å²) in [6, 6.07) is 0.864. The highest BCUT2D eigenvalue weighted by Crippen LogP contribution is 2.23. The second-order valence-corrected chi connectivity index (χ2v) is 7.31. The molecular formula is C16H33N3. The Labute approximate surface area is 119 Å². The summed E-state index contributed by atoms with van der Waals surface area (Å²) in [7, 11) is 0. The van der Waals surface area contributed by atoms with E-state index >= 15 is 0 Å². The van der Waals surface area contributed by atoms with Gasteiger partial charge in [0.15, 0.2) is 0 Å². The Bertz CT molecular complexity index is 265. The van der Waals surface area contributed by atoms with Gasteiger partial charge < -0.3 is 10.6 Å². The first-order chi connectivity index (χ1) is 9.11. The molecule has 0 spiro atoms. The number of fused-ring (bicyclic) bond motifs is 1. The van der Waals surface area contributed by atoms with E-state index in [1.165, 1.54) is 71.2 Å². The molecule has 0 aliphatic carbocycles. The average Bonchev–Trinajstić information content (AvgIpc) is 2.43. The zero-order valence-corrected chi connectivity index (χ0v) is 13.0. The van der Waals surface area contributed by atoms with Crippen molar-refractivity contribution in [2.75, 3.05) is 39.3 Å². The van der Waals surface area contributed by atoms with Gasteiger partial charge in [0.1, 0.15) is 0 Å². The molecule has 0 radical (unpaired) electrons. The summed E-state index contributed by atoms with van der Waals surface area (Å²) in [5.41, 5.74) is 6.12. The van der Waals surface area contributed by atoms with Crippen LogP contribution in [0, 0.1) is 5.41 Å². The van der Waals surface area contributed by atoms with E-state index in [1.807, 2.05) is 0 Å². The van der Waals surface area contributed by atoms with Gasteiger partial charge in [-0.15, -0.1) is 0 Å². The Kier molecular flexibility index (Phi) is 5.67. The van der Waals surface area contributed by atoms with Crippen molar-refractivity contribution in [1.29, 1.82) is 0 Å². The minimum absolute atomic E-state index is 0.335. The highest BCUT2D eigenvalue weighted by Gasteiger charge is 2.28. The number of piperazine rings is 1. The molecule has 2 N–H and O–H groups in total. The molecule has 3 heteroatoms. The number of nitrogens with two attached hydrogens (primary N) is 1. The van der Waals surface area contributed by atoms with Gasteiger partial charge in [0.05, 0.1) is 0 Å². The number of hydrogen-bond acceptors (Lipinski definition) is 3. The first kappa shape index (κ1) is 15.3. The van der Waals surface area contributed by atoms with Gasteiger partial charge in [0.2, 0.25) is 0 Å². The van der Waals surface area contributed by atoms with E-state index in [9.17, 15) is 0 Å². The van der Waals surface area contributed by atoms with E-state index in [-0.39, 0.29) is 0 Å². The molecule has 2 rings (SSSR count). The van der Waals surface area contributed by atoms with Crippen molar-refractivity contribution in [2.24, 2.45) is 11.1 Å². The highest BCUT2D eigenvalue weighted by atomic mass is 15.3. The lowest BCUT2D eigenvalue weighted by Gasteiger charge is -2.44. The average molecular weight is 267 g/mol. The second-order valence-electron chi connectivity index (χ2n) is 7.31. The van der Waals surface area contributed by atoms with Gasteiger partial charge in [-0.1, -0.05) is 26.7 Å². The molecule has 19 heavy (non-hydrogen) atoms. The van der Waals surface area contributed by atoms with Crippen molar-refractivity contribution >= 4 is 0 Å². The molecule has 2 saturated heterocycles. The molecular weight excluding hydrogens is 234 g/mol. The lowest BCUT2D eigenvalue weighted by molar-refractivity contribution is 0.0483. The van der Waals surface area contributed by atoms with Gasteiger partial charge in [-0.3, -0.25) is 4.90 Å². The van der Waals surface area contributed by atoms with Crippen LogP contribution < -0.4 is 5.73 Å². The summed E-state index contributed by atoms with van der Waals surface area (Å²) in [5, 5.41) is 0. The number of nitrogens with zero attached hydrogens (tertiary/aromatic N) is 2. The molecule has 0 bridgehead atoms. The largest absolute Gasteiger partial charge is 0.330 e. The summed E-state index contributed by atoms with van der Waals surface area (Å²) >= 11 is 0. The minimum Gasteiger partial charge on any atom is -0.330 e. The van der Waals surface area contributed by atoms with Crippen LogP contribution in [0.15, 0.2) is 0 Å². The molecule has 0 saturated carbocycles. The van der Waals surface area contributed by atoms with Crippen molar-refractivity contribution in [3.63, 3.8) is 0 Å². The molecule has 1 unspecified atom stereocenters. The lowest BCUT2D eigenvalue weighted by Crippen LogP contribution is -2.54. The predicted molar refractivity (Wildman–Crippen MR) is 82.3 cm³/mol. The van der Waals surface area contributed by atoms with Crippen LogP contribution in [0.25, 0.3) is 0 Å². The first-order valence-electron chi connectivity index (χ1n) is 8.27. The molecule has 0 aromatic rings. The second kappa shape index (κ2) is 7.05. The number of unbranched alkanes of at least 4 members (excludes halogenated alkanes) is 1. The Morgan fingerprint density at radius 2 is 1.95 bits per heavy atom. The van der Waals surface area contributed by atoms with Crippen molar-refractivity contribution in [1.82, 2.24) is 9.80 Å². The van der Waals surface area contributed by atoms with E-state index in [4.69, 9.17) is 5.73 Å². The molecule has 3 nitrogen and oxygen atoms in total. The SMILES string of the molecule is CC(C)(CN)CCCCN1CCN2CCCCC2C1. The topological polar surface area (TPSA) is 32.5 Å². The Balaban J connectivity index is 1.62. The number of rotatable bonds is 6. The van der Waals surface area contributed by atoms with Crippen LogP contribution in [0.2, 0.25) is 0 Å². The molecule has 112 valence electrons. The summed E-state index contributed by atoms with van der Waals surface area (Å²) in [5.74, 6) is 0. The summed E-state index contributed by atoms with van der Waals surface area (Å²) < 4.78 is 0. The zero-order chi connectivity index (χ0) is 13.7. The third-order valence-corrected chi connectivity index (χ3v) is 5.05. The van der Waals surface area contributed by atoms with E-state index < -0.39 is 0 Å². The fourth-order valence-corrected chi connectivity index (χ4v) is 3.46. The summed E-state index contributed by atoms with van der Waals surface area (Å²) in [6.07, 6.45) is 8.24. The maximum atomic E-state index is 5.79. The normalized spacial score (nSPS) is 26.4. The van der Waals surface area contributed by atoms with E-state index in [0.29, 0.717) is 5.41 Å². The van der Waals surface area contributed by atoms with Crippen molar-refractivity contribution in [2.45, 2.75) is 58.4 Å². The van der Waals surface area contributed by atoms with Gasteiger partial charge in [-0.05, 0) is 50.7 Å². The monoisotopic (exact) mass is 267 g/mol. The smallest absolute Gasteiger partial charge is 0.0223 e. The van der Waals surface area contributed by atoms with Crippen molar-refractivity contribution in [3.8, 4) is 0 Å². The van der Waals surface area contributed by atoms with E-state index in [2.05, 4.69) is 23.6 Å². The standard InChI is InChI=1S/C16H33N3/c1-16(2,14-17)8-4-6-9-18-11-12-19-10-5-3-7-15(19)13-18/h15H,3-14,17H2,1-2H3. The van der Waals surface area contributed by atoms with Crippen LogP contribution in [0.3, 0.4) is 0 Å². The van der Waals surface area contributed by atoms with Crippen LogP contribution >= 0.6 is 0 Å². The quantitative estimate of drug-likeness (QED) is 0.750. The van der Waals surface area contributed by atoms with E-state index in [0.717, 1.165) is 12.6 Å². The van der Waals surface area contributed by atoms with Gasteiger partial charge in [0.25, 0.3) is 0 Å². The molecule has 1 atom stereocenters. The maximum Gasteiger partial charge on any atom is 0.0223 e. The molecule has 0 amide bonds. The van der Waals surface area contributed by atoms with Gasteiger partial charge in [0, 0.05) is 25.7 Å². The Hall–Kier alpha value is -0.120. The fraction of sp³-hybridized carbons (Fsp3) is 1.00. The van der Waals surface area contributed by atoms with Crippen LogP contribution in [-0.2, 0) is 0 Å². The highest BCUT2D eigenvalue weighted by molar-refractivity contribution is 4.85. The van der Waals surface area contributed by atoms with Gasteiger partial charge in [-0.2, -0.15) is 0 Å². The molecule has 2 fully saturated rings. The molecule has 2 heterocycles. The summed E-state index contributed by atoms with van der Waals surface area (Å²) in [4.78, 5) is 5.42. The molecule has 2 aliphatic heterocycles. The van der Waals surface area contributed by atoms with Crippen LogP contribution in [0.1, 0.15) is 52.4 Å². The number of hydrogen-bond donors (Lipinski definition) is 1. The third-order valence-electron chi connectivity index (χ3n) is 5.05. The van der Waals surface area contributed by atoms with Crippen molar-refractivity contribution < 1.29 is 0 Å². The van der Waals surface area contributed by atoms with Crippen LogP contribution in [0.5, 0.6) is 0 Å². The maximum absolute atomic E-state index is 5.79. The van der Waals surface area contributed by atoms with Crippen molar-refractivity contribution in [3.05, 3.63) is 0 Å². The summed E-state index contributed by atoms with van der Waals surface area (Å²) in [6.45, 7) is 11.9. The lowest BCUT2D eigenvalue weighted by atomic mass is 9.87. The third kappa shape index (κ3) is 4.73. The van der Waals surface area contributed by atoms with Gasteiger partial charge >= 0.3 is 0 Å². The predicted octanol–water partition coefficient (Wildman–Crippen LogP) is 2.31. The fourth-order valence-electron chi connectivity index (χ4n) is 3.46. The molecule has 0 aromatic carbocycles. The van der Waals surface area contributed by atoms with Crippen LogP contribution in [-0.4, -0.2) is 55.1 Å². The van der Waals surface area contributed by atoms with E-state index in [1.54, 1.807) is 0 Å². The molecule has 0 aromatic heterocycles. The molecule has 2 aliphatic rings.